The summed E-state index contributed by atoms with van der Waals surface area (Å²) < 4.78 is 0. The molecule has 1 heterocycles. The van der Waals surface area contributed by atoms with Crippen LogP contribution in [0, 0.1) is 11.3 Å². The maximum Gasteiger partial charge on any atom is 0.228 e. The van der Waals surface area contributed by atoms with E-state index in [4.69, 9.17) is 5.73 Å². The predicted octanol–water partition coefficient (Wildman–Crippen LogP) is 1.76. The molecule has 3 heteroatoms. The number of carbonyl (C=O) groups excluding carboxylic acids is 1. The van der Waals surface area contributed by atoms with Crippen molar-refractivity contribution in [1.82, 2.24) is 4.90 Å². The zero-order valence-electron chi connectivity index (χ0n) is 10.4. The van der Waals surface area contributed by atoms with E-state index in [1.54, 1.807) is 0 Å². The SMILES string of the molecule is CCCC1(C(=O)N2CCCC(CN)C2)CC1. The molecule has 0 bridgehead atoms. The molecule has 0 aromatic rings. The molecule has 16 heavy (non-hydrogen) atoms. The molecule has 1 unspecified atom stereocenters. The van der Waals surface area contributed by atoms with E-state index < -0.39 is 0 Å². The van der Waals surface area contributed by atoms with Crippen LogP contribution in [0.1, 0.15) is 45.4 Å². The number of carbonyl (C=O) groups is 1. The molecule has 1 atom stereocenters. The van der Waals surface area contributed by atoms with Crippen molar-refractivity contribution in [3.8, 4) is 0 Å². The summed E-state index contributed by atoms with van der Waals surface area (Å²) in [5.41, 5.74) is 5.76. The quantitative estimate of drug-likeness (QED) is 0.791. The first-order valence-corrected chi connectivity index (χ1v) is 6.71. The summed E-state index contributed by atoms with van der Waals surface area (Å²) in [5.74, 6) is 0.961. The standard InChI is InChI=1S/C13H24N2O/c1-2-5-13(6-7-13)12(16)15-8-3-4-11(9-14)10-15/h11H,2-10,14H2,1H3. The monoisotopic (exact) mass is 224 g/mol. The second-order valence-electron chi connectivity index (χ2n) is 5.53. The Hall–Kier alpha value is -0.570. The number of nitrogens with two attached hydrogens (primary N) is 1. The highest BCUT2D eigenvalue weighted by Crippen LogP contribution is 2.51. The van der Waals surface area contributed by atoms with E-state index >= 15 is 0 Å². The van der Waals surface area contributed by atoms with Gasteiger partial charge in [0.1, 0.15) is 0 Å². The molecule has 0 radical (unpaired) electrons. The molecule has 3 nitrogen and oxygen atoms in total. The highest BCUT2D eigenvalue weighted by Gasteiger charge is 2.50. The van der Waals surface area contributed by atoms with Crippen molar-refractivity contribution in [2.45, 2.75) is 45.4 Å². The molecule has 92 valence electrons. The van der Waals surface area contributed by atoms with Crippen LogP contribution in [0.25, 0.3) is 0 Å². The first-order valence-electron chi connectivity index (χ1n) is 6.71. The average molecular weight is 224 g/mol. The minimum absolute atomic E-state index is 0.0469. The molecule has 0 aromatic carbocycles. The van der Waals surface area contributed by atoms with Gasteiger partial charge in [0.25, 0.3) is 0 Å². The molecule has 1 saturated carbocycles. The Kier molecular flexibility index (Phi) is 3.53. The Morgan fingerprint density at radius 2 is 2.25 bits per heavy atom. The van der Waals surface area contributed by atoms with Crippen molar-refractivity contribution >= 4 is 5.91 Å². The van der Waals surface area contributed by atoms with Crippen LogP contribution in [0.15, 0.2) is 0 Å². The van der Waals surface area contributed by atoms with Crippen molar-refractivity contribution in [3.05, 3.63) is 0 Å². The van der Waals surface area contributed by atoms with E-state index in [2.05, 4.69) is 11.8 Å². The molecule has 1 aliphatic carbocycles. The van der Waals surface area contributed by atoms with Gasteiger partial charge in [0, 0.05) is 18.5 Å². The van der Waals surface area contributed by atoms with Crippen LogP contribution in [-0.4, -0.2) is 30.4 Å². The van der Waals surface area contributed by atoms with Gasteiger partial charge in [0.15, 0.2) is 0 Å². The Morgan fingerprint density at radius 3 is 2.81 bits per heavy atom. The van der Waals surface area contributed by atoms with Gasteiger partial charge in [0.2, 0.25) is 5.91 Å². The number of hydrogen-bond donors (Lipinski definition) is 1. The molecule has 1 saturated heterocycles. The molecule has 0 aromatic heterocycles. The minimum Gasteiger partial charge on any atom is -0.342 e. The average Bonchev–Trinajstić information content (AvgIpc) is 3.10. The van der Waals surface area contributed by atoms with Gasteiger partial charge in [-0.15, -0.1) is 0 Å². The van der Waals surface area contributed by atoms with Crippen molar-refractivity contribution in [2.24, 2.45) is 17.1 Å². The van der Waals surface area contributed by atoms with Crippen LogP contribution in [-0.2, 0) is 4.79 Å². The lowest BCUT2D eigenvalue weighted by Gasteiger charge is -2.34. The maximum absolute atomic E-state index is 12.4. The molecular formula is C13H24N2O. The van der Waals surface area contributed by atoms with E-state index in [9.17, 15) is 4.79 Å². The third-order valence-electron chi connectivity index (χ3n) is 4.18. The van der Waals surface area contributed by atoms with Crippen molar-refractivity contribution in [3.63, 3.8) is 0 Å². The zero-order chi connectivity index (χ0) is 11.6. The molecule has 0 spiro atoms. The Bertz CT molecular complexity index is 261. The number of likely N-dealkylation sites (tertiary alicyclic amines) is 1. The third kappa shape index (κ3) is 2.24. The lowest BCUT2D eigenvalue weighted by Crippen LogP contribution is -2.45. The molecule has 1 aliphatic heterocycles. The highest BCUT2D eigenvalue weighted by molar-refractivity contribution is 5.85. The lowest BCUT2D eigenvalue weighted by molar-refractivity contribution is -0.139. The fourth-order valence-corrected chi connectivity index (χ4v) is 2.98. The summed E-state index contributed by atoms with van der Waals surface area (Å²) in [7, 11) is 0. The van der Waals surface area contributed by atoms with Crippen LogP contribution in [0.2, 0.25) is 0 Å². The van der Waals surface area contributed by atoms with Crippen molar-refractivity contribution < 1.29 is 4.79 Å². The second kappa shape index (κ2) is 4.74. The van der Waals surface area contributed by atoms with E-state index in [1.165, 1.54) is 6.42 Å². The maximum atomic E-state index is 12.4. The Morgan fingerprint density at radius 1 is 1.50 bits per heavy atom. The first kappa shape index (κ1) is 11.9. The van der Waals surface area contributed by atoms with E-state index in [-0.39, 0.29) is 5.41 Å². The van der Waals surface area contributed by atoms with Gasteiger partial charge >= 0.3 is 0 Å². The largest absolute Gasteiger partial charge is 0.342 e. The number of rotatable bonds is 4. The molecule has 1 amide bonds. The predicted molar refractivity (Wildman–Crippen MR) is 64.9 cm³/mol. The first-order chi connectivity index (χ1) is 7.72. The van der Waals surface area contributed by atoms with Crippen LogP contribution in [0.3, 0.4) is 0 Å². The summed E-state index contributed by atoms with van der Waals surface area (Å²) in [5, 5.41) is 0. The third-order valence-corrected chi connectivity index (χ3v) is 4.18. The van der Waals surface area contributed by atoms with Gasteiger partial charge in [0.05, 0.1) is 0 Å². The van der Waals surface area contributed by atoms with E-state index in [0.29, 0.717) is 11.8 Å². The summed E-state index contributed by atoms with van der Waals surface area (Å²) in [6, 6.07) is 0. The van der Waals surface area contributed by atoms with Gasteiger partial charge in [-0.1, -0.05) is 13.3 Å². The van der Waals surface area contributed by atoms with Gasteiger partial charge in [-0.2, -0.15) is 0 Å². The topological polar surface area (TPSA) is 46.3 Å². The van der Waals surface area contributed by atoms with Crippen molar-refractivity contribution in [2.75, 3.05) is 19.6 Å². The van der Waals surface area contributed by atoms with Gasteiger partial charge < -0.3 is 10.6 Å². The number of amides is 1. The van der Waals surface area contributed by atoms with Gasteiger partial charge in [-0.3, -0.25) is 4.79 Å². The molecular weight excluding hydrogens is 200 g/mol. The molecule has 2 fully saturated rings. The normalized spacial score (nSPS) is 27.9. The second-order valence-corrected chi connectivity index (χ2v) is 5.53. The fourth-order valence-electron chi connectivity index (χ4n) is 2.98. The number of hydrogen-bond acceptors (Lipinski definition) is 2. The minimum atomic E-state index is 0.0469. The van der Waals surface area contributed by atoms with Crippen LogP contribution in [0.5, 0.6) is 0 Å². The number of nitrogens with zero attached hydrogens (tertiary/aromatic N) is 1. The molecule has 2 aliphatic rings. The summed E-state index contributed by atoms with van der Waals surface area (Å²) in [6.45, 7) is 4.76. The molecule has 2 N–H and O–H groups in total. The van der Waals surface area contributed by atoms with Crippen LogP contribution >= 0.6 is 0 Å². The zero-order valence-corrected chi connectivity index (χ0v) is 10.4. The number of piperidine rings is 1. The summed E-state index contributed by atoms with van der Waals surface area (Å²) >= 11 is 0. The lowest BCUT2D eigenvalue weighted by atomic mass is 9.94. The Labute approximate surface area is 98.4 Å². The van der Waals surface area contributed by atoms with Crippen LogP contribution < -0.4 is 5.73 Å². The van der Waals surface area contributed by atoms with Crippen LogP contribution in [0.4, 0.5) is 0 Å². The van der Waals surface area contributed by atoms with E-state index in [0.717, 1.165) is 51.7 Å². The van der Waals surface area contributed by atoms with Gasteiger partial charge in [-0.05, 0) is 44.6 Å². The molecule has 2 rings (SSSR count). The fraction of sp³-hybridized carbons (Fsp3) is 0.923. The summed E-state index contributed by atoms with van der Waals surface area (Å²) in [6.07, 6.45) is 6.76. The Balaban J connectivity index is 1.94. The summed E-state index contributed by atoms with van der Waals surface area (Å²) in [4.78, 5) is 14.5. The van der Waals surface area contributed by atoms with Crippen molar-refractivity contribution in [1.29, 1.82) is 0 Å². The van der Waals surface area contributed by atoms with Gasteiger partial charge in [-0.25, -0.2) is 0 Å². The smallest absolute Gasteiger partial charge is 0.228 e. The van der Waals surface area contributed by atoms with E-state index in [1.807, 2.05) is 0 Å². The highest BCUT2D eigenvalue weighted by atomic mass is 16.2.